The summed E-state index contributed by atoms with van der Waals surface area (Å²) in [6.07, 6.45) is -4.64. The smallest absolute Gasteiger partial charge is 0.490 e. The normalized spacial score (nSPS) is 17.4. The monoisotopic (exact) mass is 333 g/mol. The molecular formula is C15H18F3NO4. The number of esters is 1. The summed E-state index contributed by atoms with van der Waals surface area (Å²) in [4.78, 5) is 11.4. The molecule has 0 radical (unpaired) electrons. The average Bonchev–Trinajstić information content (AvgIpc) is 2.53. The Kier molecular flexibility index (Phi) is 5.03. The maximum Gasteiger partial charge on any atom is 0.490 e. The summed E-state index contributed by atoms with van der Waals surface area (Å²) >= 11 is 0. The van der Waals surface area contributed by atoms with E-state index in [1.165, 1.54) is 14.2 Å². The maximum atomic E-state index is 12.7. The molecule has 5 nitrogen and oxygen atoms in total. The highest BCUT2D eigenvalue weighted by Crippen LogP contribution is 2.44. The SMILES string of the molecule is COc1cccc(C2(OC(=O)C(F)(F)F)CCNCC2)c1OC. The van der Waals surface area contributed by atoms with Crippen molar-refractivity contribution in [2.75, 3.05) is 27.3 Å². The first-order valence-corrected chi connectivity index (χ1v) is 7.06. The van der Waals surface area contributed by atoms with Gasteiger partial charge in [-0.25, -0.2) is 4.79 Å². The van der Waals surface area contributed by atoms with Gasteiger partial charge in [-0.3, -0.25) is 0 Å². The quantitative estimate of drug-likeness (QED) is 0.858. The lowest BCUT2D eigenvalue weighted by Crippen LogP contribution is -2.45. The number of hydrogen-bond acceptors (Lipinski definition) is 5. The standard InChI is InChI=1S/C15H18F3NO4/c1-21-11-5-3-4-10(12(11)22-2)14(6-8-19-9-7-14)23-13(20)15(16,17)18/h3-5,19H,6-9H2,1-2H3. The van der Waals surface area contributed by atoms with Crippen LogP contribution in [-0.2, 0) is 15.1 Å². The third-order valence-corrected chi connectivity index (χ3v) is 3.82. The van der Waals surface area contributed by atoms with Gasteiger partial charge in [0.1, 0.15) is 5.60 Å². The van der Waals surface area contributed by atoms with Crippen LogP contribution in [-0.4, -0.2) is 39.5 Å². The summed E-state index contributed by atoms with van der Waals surface area (Å²) in [6, 6.07) is 4.85. The van der Waals surface area contributed by atoms with E-state index in [0.29, 0.717) is 24.4 Å². The molecule has 23 heavy (non-hydrogen) atoms. The third kappa shape index (κ3) is 3.52. The number of piperidine rings is 1. The summed E-state index contributed by atoms with van der Waals surface area (Å²) in [5, 5.41) is 3.04. The van der Waals surface area contributed by atoms with E-state index in [9.17, 15) is 18.0 Å². The molecule has 1 N–H and O–H groups in total. The van der Waals surface area contributed by atoms with E-state index in [2.05, 4.69) is 5.32 Å². The summed E-state index contributed by atoms with van der Waals surface area (Å²) in [7, 11) is 2.82. The predicted molar refractivity (Wildman–Crippen MR) is 75.5 cm³/mol. The number of alkyl halides is 3. The first-order chi connectivity index (χ1) is 10.8. The number of para-hydroxylation sites is 1. The van der Waals surface area contributed by atoms with E-state index in [1.54, 1.807) is 18.2 Å². The molecule has 1 aliphatic heterocycles. The molecule has 0 amide bonds. The van der Waals surface area contributed by atoms with Crippen molar-refractivity contribution in [1.29, 1.82) is 0 Å². The van der Waals surface area contributed by atoms with E-state index >= 15 is 0 Å². The highest BCUT2D eigenvalue weighted by molar-refractivity contribution is 5.76. The molecule has 0 spiro atoms. The van der Waals surface area contributed by atoms with Gasteiger partial charge < -0.3 is 19.5 Å². The Bertz CT molecular complexity index is 568. The van der Waals surface area contributed by atoms with Crippen LogP contribution in [0.2, 0.25) is 0 Å². The summed E-state index contributed by atoms with van der Waals surface area (Å²) in [5.74, 6) is -1.57. The number of carbonyl (C=O) groups excluding carboxylic acids is 1. The average molecular weight is 333 g/mol. The van der Waals surface area contributed by atoms with Crippen molar-refractivity contribution >= 4 is 5.97 Å². The first-order valence-electron chi connectivity index (χ1n) is 7.06. The zero-order valence-corrected chi connectivity index (χ0v) is 12.8. The second-order valence-electron chi connectivity index (χ2n) is 5.17. The molecule has 0 aliphatic carbocycles. The fourth-order valence-corrected chi connectivity index (χ4v) is 2.74. The lowest BCUT2D eigenvalue weighted by molar-refractivity contribution is -0.217. The van der Waals surface area contributed by atoms with Crippen LogP contribution in [0.3, 0.4) is 0 Å². The summed E-state index contributed by atoms with van der Waals surface area (Å²) in [5.41, 5.74) is -1.03. The van der Waals surface area contributed by atoms with Crippen LogP contribution in [0.25, 0.3) is 0 Å². The van der Waals surface area contributed by atoms with Gasteiger partial charge in [-0.05, 0) is 19.2 Å². The molecule has 8 heteroatoms. The highest BCUT2D eigenvalue weighted by Gasteiger charge is 2.48. The number of ether oxygens (including phenoxy) is 3. The Morgan fingerprint density at radius 3 is 2.35 bits per heavy atom. The van der Waals surface area contributed by atoms with Crippen molar-refractivity contribution in [2.45, 2.75) is 24.6 Å². The number of rotatable bonds is 4. The van der Waals surface area contributed by atoms with Crippen LogP contribution in [0.15, 0.2) is 18.2 Å². The molecule has 0 saturated carbocycles. The molecule has 2 rings (SSSR count). The van der Waals surface area contributed by atoms with Crippen LogP contribution in [0.4, 0.5) is 13.2 Å². The minimum absolute atomic E-state index is 0.207. The Morgan fingerprint density at radius 2 is 1.83 bits per heavy atom. The van der Waals surface area contributed by atoms with Gasteiger partial charge in [0.15, 0.2) is 11.5 Å². The Morgan fingerprint density at radius 1 is 1.17 bits per heavy atom. The van der Waals surface area contributed by atoms with Crippen LogP contribution in [0.5, 0.6) is 11.5 Å². The maximum absolute atomic E-state index is 12.7. The van der Waals surface area contributed by atoms with E-state index in [0.717, 1.165) is 0 Å². The van der Waals surface area contributed by atoms with Gasteiger partial charge in [-0.1, -0.05) is 12.1 Å². The third-order valence-electron chi connectivity index (χ3n) is 3.82. The van der Waals surface area contributed by atoms with Crippen LogP contribution in [0.1, 0.15) is 18.4 Å². The number of hydrogen-bond donors (Lipinski definition) is 1. The number of halogens is 3. The van der Waals surface area contributed by atoms with Crippen molar-refractivity contribution in [3.8, 4) is 11.5 Å². The fourth-order valence-electron chi connectivity index (χ4n) is 2.74. The van der Waals surface area contributed by atoms with E-state index < -0.39 is 17.7 Å². The van der Waals surface area contributed by atoms with Crippen molar-refractivity contribution in [2.24, 2.45) is 0 Å². The van der Waals surface area contributed by atoms with Gasteiger partial charge in [0, 0.05) is 18.4 Å². The van der Waals surface area contributed by atoms with E-state index in [4.69, 9.17) is 14.2 Å². The van der Waals surface area contributed by atoms with Gasteiger partial charge in [0.25, 0.3) is 0 Å². The Hall–Kier alpha value is -1.96. The number of benzene rings is 1. The molecule has 0 unspecified atom stereocenters. The zero-order chi connectivity index (χ0) is 17.1. The minimum Gasteiger partial charge on any atom is -0.493 e. The molecule has 0 atom stereocenters. The van der Waals surface area contributed by atoms with Gasteiger partial charge in [0.05, 0.1) is 14.2 Å². The molecule has 0 aromatic heterocycles. The highest BCUT2D eigenvalue weighted by atomic mass is 19.4. The molecule has 1 aromatic rings. The summed E-state index contributed by atoms with van der Waals surface area (Å²) < 4.78 is 53.4. The lowest BCUT2D eigenvalue weighted by atomic mass is 9.84. The molecule has 1 aliphatic rings. The number of methoxy groups -OCH3 is 2. The zero-order valence-electron chi connectivity index (χ0n) is 12.8. The molecular weight excluding hydrogens is 315 g/mol. The molecule has 0 bridgehead atoms. The van der Waals surface area contributed by atoms with Crippen LogP contribution < -0.4 is 14.8 Å². The van der Waals surface area contributed by atoms with E-state index in [1.807, 2.05) is 0 Å². The molecule has 1 fully saturated rings. The van der Waals surface area contributed by atoms with Gasteiger partial charge in [-0.2, -0.15) is 13.2 Å². The second kappa shape index (κ2) is 6.66. The molecule has 128 valence electrons. The topological polar surface area (TPSA) is 56.8 Å². The summed E-state index contributed by atoms with van der Waals surface area (Å²) in [6.45, 7) is 0.844. The van der Waals surface area contributed by atoms with Gasteiger partial charge in [-0.15, -0.1) is 0 Å². The largest absolute Gasteiger partial charge is 0.493 e. The lowest BCUT2D eigenvalue weighted by Gasteiger charge is -2.38. The minimum atomic E-state index is -5.05. The van der Waals surface area contributed by atoms with Gasteiger partial charge >= 0.3 is 12.1 Å². The van der Waals surface area contributed by atoms with Crippen LogP contribution in [0, 0.1) is 0 Å². The second-order valence-corrected chi connectivity index (χ2v) is 5.17. The molecule has 1 saturated heterocycles. The Labute approximate surface area is 131 Å². The van der Waals surface area contributed by atoms with Crippen molar-refractivity contribution < 1.29 is 32.2 Å². The number of carbonyl (C=O) groups is 1. The molecule has 1 aromatic carbocycles. The first kappa shape index (κ1) is 17.4. The van der Waals surface area contributed by atoms with Crippen LogP contribution >= 0.6 is 0 Å². The van der Waals surface area contributed by atoms with Crippen molar-refractivity contribution in [3.63, 3.8) is 0 Å². The predicted octanol–water partition coefficient (Wildman–Crippen LogP) is 2.39. The van der Waals surface area contributed by atoms with Crippen molar-refractivity contribution in [3.05, 3.63) is 23.8 Å². The van der Waals surface area contributed by atoms with E-state index in [-0.39, 0.29) is 18.6 Å². The Balaban J connectivity index is 2.49. The molecule has 1 heterocycles. The van der Waals surface area contributed by atoms with Crippen molar-refractivity contribution in [1.82, 2.24) is 5.32 Å². The van der Waals surface area contributed by atoms with Gasteiger partial charge in [0.2, 0.25) is 0 Å². The fraction of sp³-hybridized carbons (Fsp3) is 0.533. The number of nitrogens with one attached hydrogen (secondary N) is 1.